The van der Waals surface area contributed by atoms with Crippen molar-refractivity contribution < 1.29 is 5.11 Å². The molecule has 1 aromatic rings. The largest absolute Gasteiger partial charge is 0.508 e. The van der Waals surface area contributed by atoms with Gasteiger partial charge in [0.15, 0.2) is 0 Å². The van der Waals surface area contributed by atoms with Crippen LogP contribution in [0.25, 0.3) is 0 Å². The fourth-order valence-corrected chi connectivity index (χ4v) is 4.49. The molecule has 0 aliphatic heterocycles. The molecule has 0 saturated heterocycles. The molecule has 0 aromatic heterocycles. The molecule has 0 radical (unpaired) electrons. The number of hydrogen-bond acceptors (Lipinski definition) is 1. The molecule has 2 fully saturated rings. The molecule has 1 nitrogen and oxygen atoms in total. The highest BCUT2D eigenvalue weighted by molar-refractivity contribution is 5.41. The van der Waals surface area contributed by atoms with Crippen LogP contribution in [-0.2, 0) is 6.42 Å². The van der Waals surface area contributed by atoms with E-state index in [1.165, 1.54) is 44.1 Å². The maximum absolute atomic E-state index is 9.66. The lowest BCUT2D eigenvalue weighted by molar-refractivity contribution is 0.101. The quantitative estimate of drug-likeness (QED) is 0.715. The zero-order valence-corrected chi connectivity index (χ0v) is 11.2. The van der Waals surface area contributed by atoms with Crippen molar-refractivity contribution in [2.45, 2.75) is 57.8 Å². The van der Waals surface area contributed by atoms with Crippen molar-refractivity contribution in [2.75, 3.05) is 0 Å². The summed E-state index contributed by atoms with van der Waals surface area (Å²) in [6.07, 6.45) is 9.68. The molecule has 2 atom stereocenters. The number of aryl methyl sites for hydroxylation is 1. The predicted octanol–water partition coefficient (Wildman–Crippen LogP) is 4.39. The summed E-state index contributed by atoms with van der Waals surface area (Å²) in [7, 11) is 0. The fraction of sp³-hybridized carbons (Fsp3) is 0.647. The SMILES string of the molecule is C[C@@]12CCc3cc(O)ccc3[C@H]1CC1(CC1)CC2. The van der Waals surface area contributed by atoms with Crippen LogP contribution in [-0.4, -0.2) is 5.11 Å². The highest BCUT2D eigenvalue weighted by atomic mass is 16.3. The lowest BCUT2D eigenvalue weighted by Gasteiger charge is -2.49. The zero-order valence-electron chi connectivity index (χ0n) is 11.2. The van der Waals surface area contributed by atoms with Gasteiger partial charge < -0.3 is 5.11 Å². The Hall–Kier alpha value is -0.980. The van der Waals surface area contributed by atoms with Crippen LogP contribution in [0.3, 0.4) is 0 Å². The Morgan fingerprint density at radius 2 is 1.89 bits per heavy atom. The van der Waals surface area contributed by atoms with Crippen molar-refractivity contribution >= 4 is 0 Å². The van der Waals surface area contributed by atoms with Gasteiger partial charge in [0.1, 0.15) is 5.75 Å². The van der Waals surface area contributed by atoms with Gasteiger partial charge in [-0.2, -0.15) is 0 Å². The predicted molar refractivity (Wildman–Crippen MR) is 72.8 cm³/mol. The number of rotatable bonds is 0. The van der Waals surface area contributed by atoms with E-state index in [0.717, 1.165) is 17.8 Å². The second kappa shape index (κ2) is 3.31. The summed E-state index contributed by atoms with van der Waals surface area (Å²) in [6, 6.07) is 6.09. The van der Waals surface area contributed by atoms with E-state index in [0.29, 0.717) is 11.2 Å². The van der Waals surface area contributed by atoms with Gasteiger partial charge in [0.05, 0.1) is 0 Å². The molecule has 0 amide bonds. The monoisotopic (exact) mass is 242 g/mol. The maximum atomic E-state index is 9.66. The summed E-state index contributed by atoms with van der Waals surface area (Å²) in [6.45, 7) is 2.50. The van der Waals surface area contributed by atoms with Crippen LogP contribution in [0, 0.1) is 10.8 Å². The molecule has 0 bridgehead atoms. The third-order valence-corrected chi connectivity index (χ3v) is 6.13. The Morgan fingerprint density at radius 3 is 2.67 bits per heavy atom. The minimum Gasteiger partial charge on any atom is -0.508 e. The molecule has 1 N–H and O–H groups in total. The molecule has 0 unspecified atom stereocenters. The Labute approximate surface area is 109 Å². The Balaban J connectivity index is 1.78. The number of fused-ring (bicyclic) bond motifs is 3. The van der Waals surface area contributed by atoms with E-state index in [-0.39, 0.29) is 0 Å². The summed E-state index contributed by atoms with van der Waals surface area (Å²) in [4.78, 5) is 0. The van der Waals surface area contributed by atoms with Gasteiger partial charge in [0, 0.05) is 0 Å². The highest BCUT2D eigenvalue weighted by Crippen LogP contribution is 2.66. The average Bonchev–Trinajstić information content (AvgIpc) is 3.11. The van der Waals surface area contributed by atoms with Gasteiger partial charge in [-0.15, -0.1) is 0 Å². The van der Waals surface area contributed by atoms with Gasteiger partial charge in [-0.1, -0.05) is 13.0 Å². The normalized spacial score (nSPS) is 35.9. The molecule has 1 spiro atoms. The topological polar surface area (TPSA) is 20.2 Å². The van der Waals surface area contributed by atoms with Crippen molar-refractivity contribution in [3.63, 3.8) is 0 Å². The van der Waals surface area contributed by atoms with Crippen LogP contribution in [0.15, 0.2) is 18.2 Å². The van der Waals surface area contributed by atoms with Crippen molar-refractivity contribution in [3.8, 4) is 5.75 Å². The van der Waals surface area contributed by atoms with E-state index in [1.807, 2.05) is 12.1 Å². The number of phenolic OH excluding ortho intramolecular Hbond substituents is 1. The molecule has 4 rings (SSSR count). The van der Waals surface area contributed by atoms with E-state index in [4.69, 9.17) is 0 Å². The summed E-state index contributed by atoms with van der Waals surface area (Å²) in [5, 5.41) is 9.66. The van der Waals surface area contributed by atoms with E-state index < -0.39 is 0 Å². The van der Waals surface area contributed by atoms with Gasteiger partial charge in [-0.05, 0) is 85.0 Å². The standard InChI is InChI=1S/C17H22O/c1-16-5-4-12-10-13(18)2-3-14(12)15(16)11-17(7-6-16)8-9-17/h2-3,10,15,18H,4-9,11H2,1H3/t15-,16+/m1/s1. The first-order valence-corrected chi connectivity index (χ1v) is 7.42. The summed E-state index contributed by atoms with van der Waals surface area (Å²) >= 11 is 0. The van der Waals surface area contributed by atoms with Crippen molar-refractivity contribution in [1.29, 1.82) is 0 Å². The first kappa shape index (κ1) is 10.9. The summed E-state index contributed by atoms with van der Waals surface area (Å²) < 4.78 is 0. The smallest absolute Gasteiger partial charge is 0.115 e. The molecule has 0 heterocycles. The van der Waals surface area contributed by atoms with Gasteiger partial charge >= 0.3 is 0 Å². The van der Waals surface area contributed by atoms with E-state index in [1.54, 1.807) is 5.56 Å². The molecule has 3 aliphatic rings. The van der Waals surface area contributed by atoms with Gasteiger partial charge in [0.2, 0.25) is 0 Å². The zero-order chi connectivity index (χ0) is 12.4. The van der Waals surface area contributed by atoms with E-state index in [9.17, 15) is 5.11 Å². The Bertz CT molecular complexity index is 500. The lowest BCUT2D eigenvalue weighted by atomic mass is 9.56. The van der Waals surface area contributed by atoms with Gasteiger partial charge in [0.25, 0.3) is 0 Å². The van der Waals surface area contributed by atoms with Crippen LogP contribution in [0.2, 0.25) is 0 Å². The maximum Gasteiger partial charge on any atom is 0.115 e. The third-order valence-electron chi connectivity index (χ3n) is 6.13. The fourth-order valence-electron chi connectivity index (χ4n) is 4.49. The van der Waals surface area contributed by atoms with Crippen molar-refractivity contribution in [3.05, 3.63) is 29.3 Å². The average molecular weight is 242 g/mol. The number of benzene rings is 1. The first-order valence-electron chi connectivity index (χ1n) is 7.42. The highest BCUT2D eigenvalue weighted by Gasteiger charge is 2.53. The molecular formula is C17H22O. The van der Waals surface area contributed by atoms with Crippen LogP contribution < -0.4 is 0 Å². The lowest BCUT2D eigenvalue weighted by Crippen LogP contribution is -2.37. The van der Waals surface area contributed by atoms with Crippen LogP contribution in [0.5, 0.6) is 5.75 Å². The molecule has 2 saturated carbocycles. The van der Waals surface area contributed by atoms with Gasteiger partial charge in [-0.3, -0.25) is 0 Å². The minimum absolute atomic E-state index is 0.439. The number of aromatic hydroxyl groups is 1. The van der Waals surface area contributed by atoms with Crippen LogP contribution in [0.4, 0.5) is 0 Å². The van der Waals surface area contributed by atoms with E-state index in [2.05, 4.69) is 13.0 Å². The second-order valence-electron chi connectivity index (χ2n) is 7.29. The van der Waals surface area contributed by atoms with Crippen molar-refractivity contribution in [2.24, 2.45) is 10.8 Å². The number of phenols is 1. The minimum atomic E-state index is 0.439. The molecule has 18 heavy (non-hydrogen) atoms. The Morgan fingerprint density at radius 1 is 1.11 bits per heavy atom. The summed E-state index contributed by atoms with van der Waals surface area (Å²) in [5.41, 5.74) is 4.21. The Kier molecular flexibility index (Phi) is 2.01. The van der Waals surface area contributed by atoms with Crippen LogP contribution in [0.1, 0.15) is 62.5 Å². The number of hydrogen-bond donors (Lipinski definition) is 1. The molecule has 3 aliphatic carbocycles. The molecule has 1 aromatic carbocycles. The summed E-state index contributed by atoms with van der Waals surface area (Å²) in [5.74, 6) is 1.19. The first-order chi connectivity index (χ1) is 8.60. The van der Waals surface area contributed by atoms with E-state index >= 15 is 0 Å². The third kappa shape index (κ3) is 1.46. The van der Waals surface area contributed by atoms with Crippen molar-refractivity contribution in [1.82, 2.24) is 0 Å². The molecule has 96 valence electrons. The van der Waals surface area contributed by atoms with Crippen LogP contribution >= 0.6 is 0 Å². The second-order valence-corrected chi connectivity index (χ2v) is 7.29. The molecule has 1 heteroatoms. The van der Waals surface area contributed by atoms with Gasteiger partial charge in [-0.25, -0.2) is 0 Å². The molecular weight excluding hydrogens is 220 g/mol.